The van der Waals surface area contributed by atoms with E-state index in [-0.39, 0.29) is 24.8 Å². The van der Waals surface area contributed by atoms with Gasteiger partial charge in [0.25, 0.3) is 0 Å². The predicted octanol–water partition coefficient (Wildman–Crippen LogP) is 4.80. The summed E-state index contributed by atoms with van der Waals surface area (Å²) in [6, 6.07) is 17.6. The quantitative estimate of drug-likeness (QED) is 0.718. The van der Waals surface area contributed by atoms with Gasteiger partial charge in [0, 0.05) is 22.9 Å². The minimum atomic E-state index is 0. The number of halogens is 2. The maximum Gasteiger partial charge on any atom is 0.0228 e. The molecular weight excluding hydrogens is 347 g/mol. The average molecular weight is 373 g/mol. The van der Waals surface area contributed by atoms with E-state index in [1.807, 2.05) is 11.8 Å². The molecule has 2 aromatic carbocycles. The maximum absolute atomic E-state index is 2.28. The van der Waals surface area contributed by atoms with E-state index in [1.165, 1.54) is 20.9 Å². The van der Waals surface area contributed by atoms with Gasteiger partial charge in [-0.3, -0.25) is 0 Å². The lowest BCUT2D eigenvalue weighted by molar-refractivity contribution is 0.402. The van der Waals surface area contributed by atoms with Crippen LogP contribution in [-0.2, 0) is 13.1 Å². The molecule has 0 saturated heterocycles. The molecule has 128 valence electrons. The minimum absolute atomic E-state index is 0. The fourth-order valence-corrected chi connectivity index (χ4v) is 3.27. The van der Waals surface area contributed by atoms with E-state index >= 15 is 0 Å². The van der Waals surface area contributed by atoms with Crippen molar-refractivity contribution in [3.05, 3.63) is 59.7 Å². The normalized spacial score (nSPS) is 10.3. The van der Waals surface area contributed by atoms with Gasteiger partial charge in [0.2, 0.25) is 0 Å². The van der Waals surface area contributed by atoms with Gasteiger partial charge in [-0.2, -0.15) is 0 Å². The summed E-state index contributed by atoms with van der Waals surface area (Å²) in [5.74, 6) is 0. The largest absolute Gasteiger partial charge is 0.305 e. The van der Waals surface area contributed by atoms with E-state index in [0.29, 0.717) is 0 Å². The molecule has 0 saturated carbocycles. The molecule has 2 rings (SSSR count). The fourth-order valence-electron chi connectivity index (χ4n) is 2.28. The van der Waals surface area contributed by atoms with Crippen molar-refractivity contribution in [3.8, 4) is 0 Å². The van der Waals surface area contributed by atoms with Crippen LogP contribution >= 0.6 is 36.6 Å². The Kier molecular flexibility index (Phi) is 10.6. The highest BCUT2D eigenvalue weighted by Crippen LogP contribution is 2.29. The molecule has 0 unspecified atom stereocenters. The van der Waals surface area contributed by atoms with E-state index in [1.54, 1.807) is 0 Å². The lowest BCUT2D eigenvalue weighted by Gasteiger charge is -2.12. The van der Waals surface area contributed by atoms with Crippen LogP contribution in [0.15, 0.2) is 58.3 Å². The summed E-state index contributed by atoms with van der Waals surface area (Å²) in [5.41, 5.74) is 2.71. The highest BCUT2D eigenvalue weighted by Gasteiger charge is 2.02. The predicted molar refractivity (Wildman–Crippen MR) is 106 cm³/mol. The second kappa shape index (κ2) is 11.0. The van der Waals surface area contributed by atoms with Gasteiger partial charge >= 0.3 is 0 Å². The van der Waals surface area contributed by atoms with Crippen LogP contribution in [0.25, 0.3) is 0 Å². The number of benzene rings is 2. The molecule has 0 bridgehead atoms. The van der Waals surface area contributed by atoms with E-state index < -0.39 is 0 Å². The molecule has 0 aliphatic heterocycles. The van der Waals surface area contributed by atoms with Gasteiger partial charge in [-0.05, 0) is 63.6 Å². The summed E-state index contributed by atoms with van der Waals surface area (Å²) >= 11 is 1.83. The first kappa shape index (κ1) is 22.3. The van der Waals surface area contributed by atoms with Crippen LogP contribution in [0.2, 0.25) is 0 Å². The highest BCUT2D eigenvalue weighted by molar-refractivity contribution is 7.99. The number of nitrogens with zero attached hydrogens (tertiary/aromatic N) is 2. The fraction of sp³-hybridized carbons (Fsp3) is 0.333. The third-order valence-corrected chi connectivity index (χ3v) is 4.01. The Labute approximate surface area is 157 Å². The highest BCUT2D eigenvalue weighted by atomic mass is 35.5. The first-order valence-electron chi connectivity index (χ1n) is 7.18. The second-order valence-corrected chi connectivity index (χ2v) is 7.02. The molecule has 0 heterocycles. The van der Waals surface area contributed by atoms with Crippen LogP contribution in [-0.4, -0.2) is 38.0 Å². The summed E-state index contributed by atoms with van der Waals surface area (Å²) in [6.45, 7) is 1.96. The molecule has 0 aliphatic carbocycles. The van der Waals surface area contributed by atoms with Crippen molar-refractivity contribution in [2.75, 3.05) is 28.2 Å². The Morgan fingerprint density at radius 1 is 0.696 bits per heavy atom. The molecular formula is C18H26Cl2N2S. The van der Waals surface area contributed by atoms with Gasteiger partial charge in [-0.25, -0.2) is 0 Å². The Morgan fingerprint density at radius 3 is 1.43 bits per heavy atom. The molecule has 0 fully saturated rings. The van der Waals surface area contributed by atoms with Gasteiger partial charge in [0.1, 0.15) is 0 Å². The van der Waals surface area contributed by atoms with Crippen molar-refractivity contribution in [2.45, 2.75) is 22.9 Å². The van der Waals surface area contributed by atoms with Crippen molar-refractivity contribution >= 4 is 36.6 Å². The zero-order valence-corrected chi connectivity index (χ0v) is 16.6. The zero-order valence-electron chi connectivity index (χ0n) is 14.2. The number of hydrogen-bond acceptors (Lipinski definition) is 3. The molecule has 23 heavy (non-hydrogen) atoms. The van der Waals surface area contributed by atoms with Gasteiger partial charge in [-0.15, -0.1) is 24.8 Å². The number of hydrogen-bond donors (Lipinski definition) is 0. The topological polar surface area (TPSA) is 6.48 Å². The Balaban J connectivity index is 0.00000242. The molecule has 0 spiro atoms. The van der Waals surface area contributed by atoms with Crippen LogP contribution < -0.4 is 0 Å². The molecule has 0 aromatic heterocycles. The molecule has 2 aromatic rings. The third kappa shape index (κ3) is 8.09. The molecule has 0 radical (unpaired) electrons. The monoisotopic (exact) mass is 372 g/mol. The van der Waals surface area contributed by atoms with Gasteiger partial charge < -0.3 is 9.80 Å². The Bertz CT molecular complexity index is 537. The lowest BCUT2D eigenvalue weighted by atomic mass is 10.2. The first-order valence-corrected chi connectivity index (χ1v) is 8.00. The maximum atomic E-state index is 2.28. The van der Waals surface area contributed by atoms with Gasteiger partial charge in [0.05, 0.1) is 0 Å². The molecule has 5 heteroatoms. The van der Waals surface area contributed by atoms with E-state index in [4.69, 9.17) is 0 Å². The van der Waals surface area contributed by atoms with Crippen LogP contribution in [0.4, 0.5) is 0 Å². The van der Waals surface area contributed by atoms with Crippen molar-refractivity contribution in [3.63, 3.8) is 0 Å². The van der Waals surface area contributed by atoms with Crippen molar-refractivity contribution in [1.82, 2.24) is 9.80 Å². The van der Waals surface area contributed by atoms with Crippen LogP contribution in [0, 0.1) is 0 Å². The van der Waals surface area contributed by atoms with Gasteiger partial charge in [-0.1, -0.05) is 36.0 Å². The van der Waals surface area contributed by atoms with Gasteiger partial charge in [0.15, 0.2) is 0 Å². The van der Waals surface area contributed by atoms with E-state index in [9.17, 15) is 0 Å². The van der Waals surface area contributed by atoms with Crippen LogP contribution in [0.1, 0.15) is 11.1 Å². The minimum Gasteiger partial charge on any atom is -0.305 e. The van der Waals surface area contributed by atoms with Crippen molar-refractivity contribution in [1.29, 1.82) is 0 Å². The summed E-state index contributed by atoms with van der Waals surface area (Å²) in [4.78, 5) is 7.00. The summed E-state index contributed by atoms with van der Waals surface area (Å²) in [5, 5.41) is 0. The smallest absolute Gasteiger partial charge is 0.0228 e. The summed E-state index contributed by atoms with van der Waals surface area (Å²) < 4.78 is 0. The zero-order chi connectivity index (χ0) is 15.2. The summed E-state index contributed by atoms with van der Waals surface area (Å²) in [6.07, 6.45) is 0. The molecule has 0 N–H and O–H groups in total. The standard InChI is InChI=1S/C18H24N2S.2ClH/c1-19(2)13-15-7-5-9-17(11-15)21-18-10-6-8-16(12-18)14-20(3)4;;/h5-12H,13-14H2,1-4H3;2*1H. The summed E-state index contributed by atoms with van der Waals surface area (Å²) in [7, 11) is 8.41. The Morgan fingerprint density at radius 2 is 1.09 bits per heavy atom. The molecule has 2 nitrogen and oxygen atoms in total. The van der Waals surface area contributed by atoms with E-state index in [2.05, 4.69) is 86.5 Å². The van der Waals surface area contributed by atoms with Crippen molar-refractivity contribution in [2.24, 2.45) is 0 Å². The number of rotatable bonds is 6. The van der Waals surface area contributed by atoms with Crippen LogP contribution in [0.3, 0.4) is 0 Å². The molecule has 0 aliphatic rings. The third-order valence-electron chi connectivity index (χ3n) is 3.03. The lowest BCUT2D eigenvalue weighted by Crippen LogP contribution is -2.10. The molecule has 0 atom stereocenters. The second-order valence-electron chi connectivity index (χ2n) is 5.87. The molecule has 0 amide bonds. The SMILES string of the molecule is CN(C)Cc1cccc(Sc2cccc(CN(C)C)c2)c1.Cl.Cl. The van der Waals surface area contributed by atoms with Crippen LogP contribution in [0.5, 0.6) is 0 Å². The first-order chi connectivity index (χ1) is 10.0. The average Bonchev–Trinajstić information content (AvgIpc) is 2.37. The van der Waals surface area contributed by atoms with Crippen molar-refractivity contribution < 1.29 is 0 Å². The Hall–Kier alpha value is -0.710. The van der Waals surface area contributed by atoms with E-state index in [0.717, 1.165) is 13.1 Å².